The molecule has 5 nitrogen and oxygen atoms in total. The van der Waals surface area contributed by atoms with Crippen LogP contribution in [-0.4, -0.2) is 34.3 Å². The highest BCUT2D eigenvalue weighted by Crippen LogP contribution is 2.27. The summed E-state index contributed by atoms with van der Waals surface area (Å²) in [5, 5.41) is 13.6. The van der Waals surface area contributed by atoms with Crippen molar-refractivity contribution in [2.75, 3.05) is 23.4 Å². The van der Waals surface area contributed by atoms with Crippen molar-refractivity contribution in [1.82, 2.24) is 9.97 Å². The van der Waals surface area contributed by atoms with Gasteiger partial charge in [0.15, 0.2) is 0 Å². The molecule has 2 heterocycles. The molecule has 1 fully saturated rings. The molecule has 1 aromatic carbocycles. The number of benzene rings is 1. The maximum atomic E-state index is 9.62. The summed E-state index contributed by atoms with van der Waals surface area (Å²) in [5.74, 6) is 1.46. The average molecular weight is 361 g/mol. The standard InChI is InChI=1S/C19H25ClN4O/c1-3-5-14-11-18(24-9-4-6-16(24)12-25)23-19(21-14)22-15-8-7-13(2)17(20)10-15/h7-8,10-11,16,25H,3-6,9,12H2,1-2H3,(H,21,22,23)/t16-/m0/s1. The van der Waals surface area contributed by atoms with Crippen LogP contribution >= 0.6 is 11.6 Å². The number of anilines is 3. The molecule has 25 heavy (non-hydrogen) atoms. The van der Waals surface area contributed by atoms with Crippen molar-refractivity contribution >= 4 is 29.1 Å². The monoisotopic (exact) mass is 360 g/mol. The minimum atomic E-state index is 0.144. The molecule has 1 aliphatic rings. The number of hydrogen-bond donors (Lipinski definition) is 2. The molecule has 0 aliphatic carbocycles. The Morgan fingerprint density at radius 1 is 1.32 bits per heavy atom. The van der Waals surface area contributed by atoms with Crippen molar-refractivity contribution in [2.24, 2.45) is 0 Å². The van der Waals surface area contributed by atoms with Gasteiger partial charge in [0.1, 0.15) is 5.82 Å². The van der Waals surface area contributed by atoms with E-state index in [0.29, 0.717) is 5.95 Å². The highest BCUT2D eigenvalue weighted by Gasteiger charge is 2.25. The molecule has 1 atom stereocenters. The lowest BCUT2D eigenvalue weighted by atomic mass is 10.2. The van der Waals surface area contributed by atoms with Gasteiger partial charge in [0.05, 0.1) is 12.6 Å². The zero-order valence-electron chi connectivity index (χ0n) is 14.8. The van der Waals surface area contributed by atoms with Gasteiger partial charge >= 0.3 is 0 Å². The van der Waals surface area contributed by atoms with Gasteiger partial charge in [0.2, 0.25) is 5.95 Å². The Morgan fingerprint density at radius 2 is 2.16 bits per heavy atom. The third-order valence-corrected chi connectivity index (χ3v) is 4.99. The molecule has 2 aromatic rings. The Bertz CT molecular complexity index is 737. The van der Waals surface area contributed by atoms with Gasteiger partial charge < -0.3 is 15.3 Å². The summed E-state index contributed by atoms with van der Waals surface area (Å²) in [5.41, 5.74) is 2.92. The minimum absolute atomic E-state index is 0.144. The summed E-state index contributed by atoms with van der Waals surface area (Å²) in [6.07, 6.45) is 4.00. The minimum Gasteiger partial charge on any atom is -0.394 e. The van der Waals surface area contributed by atoms with Crippen LogP contribution in [0.25, 0.3) is 0 Å². The molecule has 0 radical (unpaired) electrons. The van der Waals surface area contributed by atoms with E-state index in [0.717, 1.165) is 60.0 Å². The fourth-order valence-corrected chi connectivity index (χ4v) is 3.38. The lowest BCUT2D eigenvalue weighted by Gasteiger charge is -2.25. The third-order valence-electron chi connectivity index (χ3n) is 4.58. The van der Waals surface area contributed by atoms with Crippen LogP contribution in [-0.2, 0) is 6.42 Å². The predicted octanol–water partition coefficient (Wildman–Crippen LogP) is 4.10. The molecule has 0 bridgehead atoms. The fraction of sp³-hybridized carbons (Fsp3) is 0.474. The maximum Gasteiger partial charge on any atom is 0.229 e. The molecular formula is C19H25ClN4O. The number of nitrogens with zero attached hydrogens (tertiary/aromatic N) is 3. The first kappa shape index (κ1) is 18.0. The number of aliphatic hydroxyl groups excluding tert-OH is 1. The maximum absolute atomic E-state index is 9.62. The highest BCUT2D eigenvalue weighted by atomic mass is 35.5. The molecule has 1 aliphatic heterocycles. The molecule has 2 N–H and O–H groups in total. The van der Waals surface area contributed by atoms with E-state index in [-0.39, 0.29) is 12.6 Å². The summed E-state index contributed by atoms with van der Waals surface area (Å²) in [4.78, 5) is 11.5. The molecule has 0 spiro atoms. The number of rotatable bonds is 6. The van der Waals surface area contributed by atoms with Crippen molar-refractivity contribution < 1.29 is 5.11 Å². The van der Waals surface area contributed by atoms with E-state index < -0.39 is 0 Å². The fourth-order valence-electron chi connectivity index (χ4n) is 3.20. The van der Waals surface area contributed by atoms with E-state index in [1.807, 2.05) is 31.2 Å². The van der Waals surface area contributed by atoms with E-state index in [1.165, 1.54) is 0 Å². The van der Waals surface area contributed by atoms with Gasteiger partial charge in [0, 0.05) is 29.0 Å². The van der Waals surface area contributed by atoms with Crippen LogP contribution in [0.4, 0.5) is 17.5 Å². The summed E-state index contributed by atoms with van der Waals surface area (Å²) >= 11 is 6.22. The smallest absolute Gasteiger partial charge is 0.229 e. The first-order valence-electron chi connectivity index (χ1n) is 8.89. The number of hydrogen-bond acceptors (Lipinski definition) is 5. The van der Waals surface area contributed by atoms with Crippen LogP contribution in [0.5, 0.6) is 0 Å². The third kappa shape index (κ3) is 4.22. The van der Waals surface area contributed by atoms with Crippen molar-refractivity contribution in [1.29, 1.82) is 0 Å². The van der Waals surface area contributed by atoms with E-state index in [9.17, 15) is 5.11 Å². The topological polar surface area (TPSA) is 61.3 Å². The second-order valence-electron chi connectivity index (χ2n) is 6.55. The predicted molar refractivity (Wildman–Crippen MR) is 103 cm³/mol. The second kappa shape index (κ2) is 8.02. The Balaban J connectivity index is 1.90. The lowest BCUT2D eigenvalue weighted by molar-refractivity contribution is 0.266. The van der Waals surface area contributed by atoms with Crippen molar-refractivity contribution in [3.8, 4) is 0 Å². The van der Waals surface area contributed by atoms with Crippen molar-refractivity contribution in [3.63, 3.8) is 0 Å². The largest absolute Gasteiger partial charge is 0.394 e. The molecule has 134 valence electrons. The molecule has 1 aromatic heterocycles. The molecule has 1 saturated heterocycles. The van der Waals surface area contributed by atoms with Crippen LogP contribution in [0.15, 0.2) is 24.3 Å². The molecule has 0 amide bonds. The second-order valence-corrected chi connectivity index (χ2v) is 6.96. The van der Waals surface area contributed by atoms with Gasteiger partial charge in [-0.05, 0) is 43.9 Å². The van der Waals surface area contributed by atoms with Gasteiger partial charge in [-0.3, -0.25) is 0 Å². The number of aromatic nitrogens is 2. The Morgan fingerprint density at radius 3 is 2.88 bits per heavy atom. The number of aliphatic hydroxyl groups is 1. The Kier molecular flexibility index (Phi) is 5.76. The first-order chi connectivity index (χ1) is 12.1. The Labute approximate surface area is 154 Å². The van der Waals surface area contributed by atoms with E-state index in [4.69, 9.17) is 16.6 Å². The van der Waals surface area contributed by atoms with Gasteiger partial charge in [-0.2, -0.15) is 4.98 Å². The van der Waals surface area contributed by atoms with E-state index >= 15 is 0 Å². The summed E-state index contributed by atoms with van der Waals surface area (Å²) in [6, 6.07) is 8.03. The molecule has 3 rings (SSSR count). The van der Waals surface area contributed by atoms with Crippen LogP contribution in [0, 0.1) is 6.92 Å². The van der Waals surface area contributed by atoms with Crippen molar-refractivity contribution in [3.05, 3.63) is 40.5 Å². The number of halogens is 1. The van der Waals surface area contributed by atoms with Crippen LogP contribution < -0.4 is 10.2 Å². The Hall–Kier alpha value is -1.85. The first-order valence-corrected chi connectivity index (χ1v) is 9.27. The van der Waals surface area contributed by atoms with E-state index in [2.05, 4.69) is 22.1 Å². The highest BCUT2D eigenvalue weighted by molar-refractivity contribution is 6.31. The summed E-state index contributed by atoms with van der Waals surface area (Å²) in [7, 11) is 0. The van der Waals surface area contributed by atoms with Gasteiger partial charge in [-0.15, -0.1) is 0 Å². The quantitative estimate of drug-likeness (QED) is 0.812. The SMILES string of the molecule is CCCc1cc(N2CCC[C@H]2CO)nc(Nc2ccc(C)c(Cl)c2)n1. The number of nitrogens with one attached hydrogen (secondary N) is 1. The molecule has 0 unspecified atom stereocenters. The molecule has 6 heteroatoms. The van der Waals surface area contributed by atoms with Crippen molar-refractivity contribution in [2.45, 2.75) is 45.6 Å². The van der Waals surface area contributed by atoms with Gasteiger partial charge in [-0.25, -0.2) is 4.98 Å². The zero-order chi connectivity index (χ0) is 17.8. The van der Waals surface area contributed by atoms with Gasteiger partial charge in [0.25, 0.3) is 0 Å². The van der Waals surface area contributed by atoms with Gasteiger partial charge in [-0.1, -0.05) is 31.0 Å². The summed E-state index contributed by atoms with van der Waals surface area (Å²) in [6.45, 7) is 5.19. The number of aryl methyl sites for hydroxylation is 2. The van der Waals surface area contributed by atoms with E-state index in [1.54, 1.807) is 0 Å². The summed E-state index contributed by atoms with van der Waals surface area (Å²) < 4.78 is 0. The lowest BCUT2D eigenvalue weighted by Crippen LogP contribution is -2.33. The zero-order valence-corrected chi connectivity index (χ0v) is 15.6. The normalized spacial score (nSPS) is 17.1. The van der Waals surface area contributed by atoms with Crippen LogP contribution in [0.1, 0.15) is 37.4 Å². The molecular weight excluding hydrogens is 336 g/mol. The van der Waals surface area contributed by atoms with Crippen LogP contribution in [0.3, 0.4) is 0 Å². The van der Waals surface area contributed by atoms with Crippen LogP contribution in [0.2, 0.25) is 5.02 Å². The molecule has 0 saturated carbocycles. The average Bonchev–Trinajstić information content (AvgIpc) is 3.07.